The predicted octanol–water partition coefficient (Wildman–Crippen LogP) is 3.12. The first kappa shape index (κ1) is 17.1. The molecule has 2 N–H and O–H groups in total. The number of benzene rings is 1. The third kappa shape index (κ3) is 4.87. The molecule has 1 unspecified atom stereocenters. The normalized spacial score (nSPS) is 18.9. The molecule has 2 rings (SSSR count). The first-order valence-electron chi connectivity index (χ1n) is 7.16. The van der Waals surface area contributed by atoms with Crippen LogP contribution in [0.1, 0.15) is 19.3 Å². The molecule has 1 amide bonds. The fourth-order valence-electron chi connectivity index (χ4n) is 2.53. The van der Waals surface area contributed by atoms with Gasteiger partial charge in [-0.25, -0.2) is 0 Å². The van der Waals surface area contributed by atoms with Gasteiger partial charge in [-0.3, -0.25) is 9.59 Å². The van der Waals surface area contributed by atoms with Gasteiger partial charge in [0.25, 0.3) is 0 Å². The van der Waals surface area contributed by atoms with E-state index in [1.54, 1.807) is 18.2 Å². The van der Waals surface area contributed by atoms with E-state index >= 15 is 0 Å². The number of aliphatic carboxylic acids is 1. The van der Waals surface area contributed by atoms with Crippen LogP contribution in [0.25, 0.3) is 0 Å². The van der Waals surface area contributed by atoms with Crippen LogP contribution in [0.4, 0.5) is 5.69 Å². The summed E-state index contributed by atoms with van der Waals surface area (Å²) in [5, 5.41) is 12.7. The minimum absolute atomic E-state index is 0.165. The van der Waals surface area contributed by atoms with E-state index in [2.05, 4.69) is 5.32 Å². The average molecular weight is 345 g/mol. The summed E-state index contributed by atoms with van der Waals surface area (Å²) in [6.07, 6.45) is 1.84. The lowest BCUT2D eigenvalue weighted by Gasteiger charge is -2.30. The molecule has 1 heterocycles. The number of carboxylic acid groups (broad SMARTS) is 1. The molecule has 1 aliphatic heterocycles. The second-order valence-electron chi connectivity index (χ2n) is 5.40. The maximum Gasteiger partial charge on any atom is 0.307 e. The third-order valence-corrected chi connectivity index (χ3v) is 4.28. The summed E-state index contributed by atoms with van der Waals surface area (Å²) in [5.41, 5.74) is 0.487. The zero-order valence-corrected chi connectivity index (χ0v) is 13.5. The number of carboxylic acids is 1. The van der Waals surface area contributed by atoms with Crippen LogP contribution in [0, 0.1) is 5.92 Å². The van der Waals surface area contributed by atoms with E-state index < -0.39 is 5.97 Å². The Labute approximate surface area is 139 Å². The van der Waals surface area contributed by atoms with Crippen LogP contribution in [0.3, 0.4) is 0 Å². The zero-order valence-electron chi connectivity index (χ0n) is 12.0. The summed E-state index contributed by atoms with van der Waals surface area (Å²) in [5.74, 6) is -1.26. The molecule has 1 saturated heterocycles. The lowest BCUT2D eigenvalue weighted by molar-refractivity contribution is -0.143. The van der Waals surface area contributed by atoms with Crippen molar-refractivity contribution in [2.75, 3.05) is 25.0 Å². The topological polar surface area (TPSA) is 69.6 Å². The van der Waals surface area contributed by atoms with Crippen molar-refractivity contribution in [2.24, 2.45) is 5.92 Å². The highest BCUT2D eigenvalue weighted by Gasteiger charge is 2.25. The van der Waals surface area contributed by atoms with Crippen molar-refractivity contribution in [3.05, 3.63) is 28.2 Å². The smallest absolute Gasteiger partial charge is 0.307 e. The molecule has 1 aromatic rings. The average Bonchev–Trinajstić information content (AvgIpc) is 2.49. The summed E-state index contributed by atoms with van der Waals surface area (Å²) < 4.78 is 0. The molecule has 0 aromatic heterocycles. The lowest BCUT2D eigenvalue weighted by atomic mass is 9.98. The molecular formula is C15H18Cl2N2O3. The fraction of sp³-hybridized carbons (Fsp3) is 0.467. The number of carbonyl (C=O) groups excluding carboxylic acids is 1. The summed E-state index contributed by atoms with van der Waals surface area (Å²) in [6.45, 7) is 1.86. The predicted molar refractivity (Wildman–Crippen MR) is 86.5 cm³/mol. The molecule has 7 heteroatoms. The number of nitrogens with zero attached hydrogens (tertiary/aromatic N) is 1. The highest BCUT2D eigenvalue weighted by atomic mass is 35.5. The van der Waals surface area contributed by atoms with Crippen LogP contribution in [0.5, 0.6) is 0 Å². The molecule has 1 fully saturated rings. The van der Waals surface area contributed by atoms with Gasteiger partial charge >= 0.3 is 5.97 Å². The molecule has 0 saturated carbocycles. The molecule has 0 radical (unpaired) electrons. The molecule has 0 bridgehead atoms. The van der Waals surface area contributed by atoms with Gasteiger partial charge in [-0.2, -0.15) is 0 Å². The number of carbonyl (C=O) groups is 2. The summed E-state index contributed by atoms with van der Waals surface area (Å²) in [7, 11) is 0. The number of likely N-dealkylation sites (tertiary alicyclic amines) is 1. The number of hydrogen-bond donors (Lipinski definition) is 2. The molecule has 1 aliphatic rings. The van der Waals surface area contributed by atoms with Crippen LogP contribution in [0.15, 0.2) is 18.2 Å². The molecule has 0 aliphatic carbocycles. The Morgan fingerprint density at radius 3 is 2.86 bits per heavy atom. The van der Waals surface area contributed by atoms with Gasteiger partial charge in [0.2, 0.25) is 5.91 Å². The van der Waals surface area contributed by atoms with Gasteiger partial charge in [-0.15, -0.1) is 0 Å². The minimum Gasteiger partial charge on any atom is -0.481 e. The van der Waals surface area contributed by atoms with Gasteiger partial charge in [-0.05, 0) is 37.6 Å². The number of nitrogens with one attached hydrogen (secondary N) is 1. The van der Waals surface area contributed by atoms with Crippen molar-refractivity contribution >= 4 is 40.8 Å². The van der Waals surface area contributed by atoms with Gasteiger partial charge in [0.15, 0.2) is 0 Å². The van der Waals surface area contributed by atoms with E-state index in [9.17, 15) is 9.59 Å². The van der Waals surface area contributed by atoms with E-state index in [-0.39, 0.29) is 18.2 Å². The molecule has 120 valence electrons. The Bertz CT molecular complexity index is 566. The van der Waals surface area contributed by atoms with Crippen molar-refractivity contribution in [1.29, 1.82) is 0 Å². The second-order valence-corrected chi connectivity index (χ2v) is 6.24. The Hall–Kier alpha value is -1.30. The Balaban J connectivity index is 1.82. The van der Waals surface area contributed by atoms with E-state index in [0.717, 1.165) is 13.0 Å². The van der Waals surface area contributed by atoms with Crippen LogP contribution in [-0.2, 0) is 9.59 Å². The van der Waals surface area contributed by atoms with Crippen molar-refractivity contribution < 1.29 is 14.7 Å². The second kappa shape index (κ2) is 7.81. The number of hydrogen-bond acceptors (Lipinski definition) is 3. The van der Waals surface area contributed by atoms with Crippen molar-refractivity contribution in [3.63, 3.8) is 0 Å². The summed E-state index contributed by atoms with van der Waals surface area (Å²) in [6, 6.07) is 4.88. The third-order valence-electron chi connectivity index (χ3n) is 3.71. The summed E-state index contributed by atoms with van der Waals surface area (Å²) >= 11 is 11.9. The quantitative estimate of drug-likeness (QED) is 0.860. The summed E-state index contributed by atoms with van der Waals surface area (Å²) in [4.78, 5) is 25.0. The van der Waals surface area contributed by atoms with Gasteiger partial charge in [0.05, 0.1) is 16.6 Å². The van der Waals surface area contributed by atoms with Gasteiger partial charge in [-0.1, -0.05) is 23.2 Å². The van der Waals surface area contributed by atoms with Crippen LogP contribution in [-0.4, -0.2) is 41.5 Å². The van der Waals surface area contributed by atoms with Crippen molar-refractivity contribution in [3.8, 4) is 0 Å². The highest BCUT2D eigenvalue weighted by Crippen LogP contribution is 2.25. The number of rotatable bonds is 5. The monoisotopic (exact) mass is 344 g/mol. The number of piperidine rings is 1. The van der Waals surface area contributed by atoms with E-state index in [1.165, 1.54) is 0 Å². The maximum atomic E-state index is 12.0. The number of amides is 1. The van der Waals surface area contributed by atoms with E-state index in [0.29, 0.717) is 35.2 Å². The highest BCUT2D eigenvalue weighted by molar-refractivity contribution is 6.35. The molecule has 0 spiro atoms. The number of halogens is 2. The maximum absolute atomic E-state index is 12.0. The molecular weight excluding hydrogens is 327 g/mol. The minimum atomic E-state index is -0.764. The molecule has 22 heavy (non-hydrogen) atoms. The van der Waals surface area contributed by atoms with Crippen LogP contribution in [0.2, 0.25) is 10.0 Å². The Morgan fingerprint density at radius 1 is 1.36 bits per heavy atom. The fourth-order valence-corrected chi connectivity index (χ4v) is 2.86. The van der Waals surface area contributed by atoms with Crippen LogP contribution >= 0.6 is 23.2 Å². The SMILES string of the molecule is O=C(CCN1CCCC(C(=O)O)C1)Nc1cc(Cl)ccc1Cl. The van der Waals surface area contributed by atoms with Crippen LogP contribution < -0.4 is 5.32 Å². The Morgan fingerprint density at radius 2 is 2.14 bits per heavy atom. The zero-order chi connectivity index (χ0) is 16.1. The lowest BCUT2D eigenvalue weighted by Crippen LogP contribution is -2.40. The first-order valence-corrected chi connectivity index (χ1v) is 7.91. The molecule has 5 nitrogen and oxygen atoms in total. The van der Waals surface area contributed by atoms with Crippen molar-refractivity contribution in [2.45, 2.75) is 19.3 Å². The van der Waals surface area contributed by atoms with Crippen molar-refractivity contribution in [1.82, 2.24) is 4.90 Å². The van der Waals surface area contributed by atoms with Gasteiger partial charge < -0.3 is 15.3 Å². The number of anilines is 1. The molecule has 1 aromatic carbocycles. The Kier molecular flexibility index (Phi) is 6.06. The van der Waals surface area contributed by atoms with E-state index in [4.69, 9.17) is 28.3 Å². The largest absolute Gasteiger partial charge is 0.481 e. The van der Waals surface area contributed by atoms with Gasteiger partial charge in [0, 0.05) is 24.5 Å². The van der Waals surface area contributed by atoms with Gasteiger partial charge in [0.1, 0.15) is 0 Å². The first-order chi connectivity index (χ1) is 10.5. The molecule has 1 atom stereocenters. The standard InChI is InChI=1S/C15H18Cl2N2O3/c16-11-3-4-12(17)13(8-11)18-14(20)5-7-19-6-1-2-10(9-19)15(21)22/h3-4,8,10H,1-2,5-7,9H2,(H,18,20)(H,21,22). The van der Waals surface area contributed by atoms with E-state index in [1.807, 2.05) is 4.90 Å².